The normalized spacial score (nSPS) is 12.4. The van der Waals surface area contributed by atoms with Crippen molar-refractivity contribution in [1.82, 2.24) is 0 Å². The number of nitrogens with two attached hydrogens (primary N) is 2. The quantitative estimate of drug-likeness (QED) is 0.414. The van der Waals surface area contributed by atoms with Crippen molar-refractivity contribution in [2.45, 2.75) is 12.5 Å². The first kappa shape index (κ1) is 10.3. The molecule has 0 aliphatic heterocycles. The fourth-order valence-electron chi connectivity index (χ4n) is 1.18. The highest BCUT2D eigenvalue weighted by molar-refractivity contribution is 5.68. The van der Waals surface area contributed by atoms with Gasteiger partial charge >= 0.3 is 5.97 Å². The van der Waals surface area contributed by atoms with Gasteiger partial charge in [-0.1, -0.05) is 0 Å². The molecule has 76 valence electrons. The number of anilines is 1. The number of carboxylic acid groups (broad SMARTS) is 1. The molecule has 14 heavy (non-hydrogen) atoms. The van der Waals surface area contributed by atoms with E-state index in [1.807, 2.05) is 0 Å². The molecular weight excluding hydrogens is 184 g/mol. The predicted molar refractivity (Wildman–Crippen MR) is 51.7 cm³/mol. The van der Waals surface area contributed by atoms with Crippen LogP contribution in [0.2, 0.25) is 0 Å². The summed E-state index contributed by atoms with van der Waals surface area (Å²) < 4.78 is 0. The third-order valence-electron chi connectivity index (χ3n) is 1.86. The Labute approximate surface area is 81.0 Å². The van der Waals surface area contributed by atoms with Crippen LogP contribution >= 0.6 is 0 Å². The summed E-state index contributed by atoms with van der Waals surface area (Å²) in [6.45, 7) is 0. The number of aliphatic carboxylic acids is 1. The number of benzene rings is 1. The Morgan fingerprint density at radius 2 is 2.14 bits per heavy atom. The molecule has 0 bridgehead atoms. The Kier molecular flexibility index (Phi) is 2.93. The zero-order chi connectivity index (χ0) is 10.7. The van der Waals surface area contributed by atoms with Crippen LogP contribution in [0.5, 0.6) is 5.75 Å². The molecule has 0 aromatic heterocycles. The molecule has 5 nitrogen and oxygen atoms in total. The summed E-state index contributed by atoms with van der Waals surface area (Å²) in [5.74, 6) is -0.977. The van der Waals surface area contributed by atoms with E-state index in [4.69, 9.17) is 21.7 Å². The zero-order valence-electron chi connectivity index (χ0n) is 7.47. The number of carbonyl (C=O) groups is 1. The monoisotopic (exact) mass is 196 g/mol. The number of hydrogen-bond donors (Lipinski definition) is 4. The minimum Gasteiger partial charge on any atom is -0.508 e. The number of carboxylic acids is 1. The van der Waals surface area contributed by atoms with E-state index in [1.54, 1.807) is 0 Å². The van der Waals surface area contributed by atoms with Crippen molar-refractivity contribution in [2.24, 2.45) is 5.73 Å². The van der Waals surface area contributed by atoms with Gasteiger partial charge in [0.25, 0.3) is 0 Å². The highest BCUT2D eigenvalue weighted by atomic mass is 16.4. The average molecular weight is 196 g/mol. The largest absolute Gasteiger partial charge is 0.508 e. The Balaban J connectivity index is 2.93. The summed E-state index contributed by atoms with van der Waals surface area (Å²) in [6.07, 6.45) is -0.215. The predicted octanol–water partition coefficient (Wildman–Crippen LogP) is 0.449. The summed E-state index contributed by atoms with van der Waals surface area (Å²) >= 11 is 0. The molecular formula is C9H12N2O3. The molecule has 0 fully saturated rings. The fraction of sp³-hybridized carbons (Fsp3) is 0.222. The van der Waals surface area contributed by atoms with Crippen LogP contribution in [0.1, 0.15) is 18.0 Å². The van der Waals surface area contributed by atoms with Gasteiger partial charge in [0.1, 0.15) is 5.75 Å². The number of phenols is 1. The molecule has 1 atom stereocenters. The van der Waals surface area contributed by atoms with Gasteiger partial charge in [0.05, 0.1) is 6.42 Å². The van der Waals surface area contributed by atoms with Crippen LogP contribution in [0.4, 0.5) is 5.69 Å². The van der Waals surface area contributed by atoms with Crippen LogP contribution in [-0.2, 0) is 4.79 Å². The van der Waals surface area contributed by atoms with E-state index in [0.717, 1.165) is 0 Å². The summed E-state index contributed by atoms with van der Waals surface area (Å²) in [7, 11) is 0. The maximum absolute atomic E-state index is 10.4. The van der Waals surface area contributed by atoms with Gasteiger partial charge < -0.3 is 21.7 Å². The Morgan fingerprint density at radius 1 is 1.50 bits per heavy atom. The van der Waals surface area contributed by atoms with Crippen LogP contribution in [0.3, 0.4) is 0 Å². The van der Waals surface area contributed by atoms with Crippen molar-refractivity contribution in [3.8, 4) is 5.75 Å². The molecule has 0 aliphatic carbocycles. The topological polar surface area (TPSA) is 110 Å². The summed E-state index contributed by atoms with van der Waals surface area (Å²) in [5.41, 5.74) is 12.0. The third kappa shape index (κ3) is 2.37. The lowest BCUT2D eigenvalue weighted by atomic mass is 10.0. The third-order valence-corrected chi connectivity index (χ3v) is 1.86. The molecule has 1 rings (SSSR count). The number of rotatable bonds is 3. The van der Waals surface area contributed by atoms with Gasteiger partial charge in [0.2, 0.25) is 0 Å². The minimum atomic E-state index is -1.000. The van der Waals surface area contributed by atoms with Crippen LogP contribution < -0.4 is 11.5 Å². The standard InChI is InChI=1S/C9H12N2O3/c10-7-2-1-5(12)3-6(7)8(11)4-9(13)14/h1-3,8,12H,4,10-11H2,(H,13,14). The maximum atomic E-state index is 10.4. The van der Waals surface area contributed by atoms with Gasteiger partial charge in [-0.15, -0.1) is 0 Å². The van der Waals surface area contributed by atoms with Crippen molar-refractivity contribution in [3.63, 3.8) is 0 Å². The van der Waals surface area contributed by atoms with Crippen LogP contribution in [0.25, 0.3) is 0 Å². The molecule has 0 saturated carbocycles. The average Bonchev–Trinajstić information content (AvgIpc) is 2.08. The van der Waals surface area contributed by atoms with Gasteiger partial charge in [-0.3, -0.25) is 4.79 Å². The first-order valence-corrected chi connectivity index (χ1v) is 4.06. The van der Waals surface area contributed by atoms with Crippen LogP contribution in [0.15, 0.2) is 18.2 Å². The molecule has 1 aromatic carbocycles. The first-order chi connectivity index (χ1) is 6.50. The summed E-state index contributed by atoms with van der Waals surface area (Å²) in [4.78, 5) is 10.4. The van der Waals surface area contributed by atoms with Crippen molar-refractivity contribution in [2.75, 3.05) is 5.73 Å². The summed E-state index contributed by atoms with van der Waals surface area (Å²) in [5, 5.41) is 17.7. The zero-order valence-corrected chi connectivity index (χ0v) is 7.47. The van der Waals surface area contributed by atoms with Crippen molar-refractivity contribution in [3.05, 3.63) is 23.8 Å². The number of hydrogen-bond acceptors (Lipinski definition) is 4. The van der Waals surface area contributed by atoms with Gasteiger partial charge in [0, 0.05) is 11.7 Å². The van der Waals surface area contributed by atoms with Crippen molar-refractivity contribution in [1.29, 1.82) is 0 Å². The molecule has 0 saturated heterocycles. The van der Waals surface area contributed by atoms with E-state index in [2.05, 4.69) is 0 Å². The number of aromatic hydroxyl groups is 1. The Hall–Kier alpha value is -1.75. The SMILES string of the molecule is Nc1ccc(O)cc1C(N)CC(=O)O. The van der Waals surface area contributed by atoms with E-state index in [-0.39, 0.29) is 12.2 Å². The van der Waals surface area contributed by atoms with Gasteiger partial charge in [0.15, 0.2) is 0 Å². The van der Waals surface area contributed by atoms with Gasteiger partial charge in [-0.05, 0) is 23.8 Å². The highest BCUT2D eigenvalue weighted by Gasteiger charge is 2.13. The molecule has 0 heterocycles. The number of nitrogen functional groups attached to an aromatic ring is 1. The molecule has 1 unspecified atom stereocenters. The highest BCUT2D eigenvalue weighted by Crippen LogP contribution is 2.25. The van der Waals surface area contributed by atoms with Crippen LogP contribution in [-0.4, -0.2) is 16.2 Å². The Morgan fingerprint density at radius 3 is 2.71 bits per heavy atom. The molecule has 0 aliphatic rings. The molecule has 0 amide bonds. The van der Waals surface area contributed by atoms with Gasteiger partial charge in [-0.25, -0.2) is 0 Å². The molecule has 0 radical (unpaired) electrons. The number of phenolic OH excluding ortho intramolecular Hbond substituents is 1. The van der Waals surface area contributed by atoms with Crippen molar-refractivity contribution < 1.29 is 15.0 Å². The molecule has 6 N–H and O–H groups in total. The molecule has 5 heteroatoms. The smallest absolute Gasteiger partial charge is 0.305 e. The van der Waals surface area contributed by atoms with E-state index in [0.29, 0.717) is 11.3 Å². The second kappa shape index (κ2) is 3.97. The van der Waals surface area contributed by atoms with E-state index in [1.165, 1.54) is 18.2 Å². The van der Waals surface area contributed by atoms with Crippen molar-refractivity contribution >= 4 is 11.7 Å². The lowest BCUT2D eigenvalue weighted by Gasteiger charge is -2.12. The van der Waals surface area contributed by atoms with Gasteiger partial charge in [-0.2, -0.15) is 0 Å². The van der Waals surface area contributed by atoms with E-state index < -0.39 is 12.0 Å². The van der Waals surface area contributed by atoms with E-state index in [9.17, 15) is 4.79 Å². The minimum absolute atomic E-state index is 0.0232. The molecule has 0 spiro atoms. The second-order valence-corrected chi connectivity index (χ2v) is 3.02. The molecule has 1 aromatic rings. The Bertz CT molecular complexity index is 352. The van der Waals surface area contributed by atoms with Crippen LogP contribution in [0, 0.1) is 0 Å². The lowest BCUT2D eigenvalue weighted by Crippen LogP contribution is -2.16. The maximum Gasteiger partial charge on any atom is 0.305 e. The lowest BCUT2D eigenvalue weighted by molar-refractivity contribution is -0.137. The first-order valence-electron chi connectivity index (χ1n) is 4.06. The second-order valence-electron chi connectivity index (χ2n) is 3.02. The summed E-state index contributed by atoms with van der Waals surface area (Å²) in [6, 6.07) is 3.60. The fourth-order valence-corrected chi connectivity index (χ4v) is 1.18. The van der Waals surface area contributed by atoms with E-state index >= 15 is 0 Å².